The molecule has 0 bridgehead atoms. The minimum absolute atomic E-state index is 0.0157. The first-order chi connectivity index (χ1) is 29.2. The highest BCUT2D eigenvalue weighted by Crippen LogP contribution is 2.45. The fourth-order valence-electron chi connectivity index (χ4n) is 9.99. The standard InChI is InChI=1S/C30H39F3O6.C18H23F3O/c1-19(2)30(36)38-16-15-37-27(34)5-3-4-6-28(35)39-24-13-11-21(12-14-24)20-7-9-22(10-8-20)23-17-25(31)29(33)26(32)18-23;19-16-9-14(10-17(20)18(16)21)13-3-1-11(2-4-13)12-5-7-15(22)8-6-12/h17-18,20-22,24H,1,3-16H2,2H3;9-13,15,22H,1-8H2. The maximum Gasteiger partial charge on any atom is 0.333 e. The molecule has 4 saturated carbocycles. The van der Waals surface area contributed by atoms with Gasteiger partial charge in [0.25, 0.3) is 0 Å². The van der Waals surface area contributed by atoms with E-state index in [2.05, 4.69) is 6.58 Å². The van der Waals surface area contributed by atoms with Crippen molar-refractivity contribution in [1.82, 2.24) is 0 Å². The van der Waals surface area contributed by atoms with Gasteiger partial charge < -0.3 is 19.3 Å². The van der Waals surface area contributed by atoms with Crippen molar-refractivity contribution in [2.75, 3.05) is 13.2 Å². The molecule has 1 N–H and O–H groups in total. The smallest absolute Gasteiger partial charge is 0.333 e. The van der Waals surface area contributed by atoms with Crippen LogP contribution in [0.15, 0.2) is 36.4 Å². The predicted molar refractivity (Wildman–Crippen MR) is 217 cm³/mol. The van der Waals surface area contributed by atoms with E-state index in [1.165, 1.54) is 6.92 Å². The van der Waals surface area contributed by atoms with Crippen LogP contribution in [0.2, 0.25) is 0 Å². The highest BCUT2D eigenvalue weighted by Gasteiger charge is 2.34. The summed E-state index contributed by atoms with van der Waals surface area (Å²) in [7, 11) is 0. The Morgan fingerprint density at radius 1 is 0.557 bits per heavy atom. The van der Waals surface area contributed by atoms with E-state index in [4.69, 9.17) is 14.2 Å². The van der Waals surface area contributed by atoms with Crippen molar-refractivity contribution >= 4 is 17.9 Å². The third-order valence-corrected chi connectivity index (χ3v) is 13.5. The molecule has 2 aromatic carbocycles. The van der Waals surface area contributed by atoms with Crippen LogP contribution in [0.1, 0.15) is 158 Å². The summed E-state index contributed by atoms with van der Waals surface area (Å²) < 4.78 is 95.8. The van der Waals surface area contributed by atoms with Crippen molar-refractivity contribution in [1.29, 1.82) is 0 Å². The molecule has 0 heterocycles. The fourth-order valence-corrected chi connectivity index (χ4v) is 9.99. The number of aliphatic hydroxyl groups is 1. The second-order valence-corrected chi connectivity index (χ2v) is 17.8. The van der Waals surface area contributed by atoms with Crippen molar-refractivity contribution in [2.24, 2.45) is 23.7 Å². The number of unbranched alkanes of at least 4 members (excludes halogenated alkanes) is 1. The summed E-state index contributed by atoms with van der Waals surface area (Å²) in [4.78, 5) is 35.2. The van der Waals surface area contributed by atoms with Gasteiger partial charge >= 0.3 is 17.9 Å². The molecular formula is C48H62F6O7. The second-order valence-electron chi connectivity index (χ2n) is 17.8. The summed E-state index contributed by atoms with van der Waals surface area (Å²) in [5.41, 5.74) is 1.41. The minimum Gasteiger partial charge on any atom is -0.462 e. The SMILES string of the molecule is C=C(C)C(=O)OCCOC(=O)CCCCC(=O)OC1CCC(C2CCC(c3cc(F)c(F)c(F)c3)CC2)CC1.OC1CCC(C2CCC(c3cc(F)c(F)c(F)c3)CC2)CC1. The molecule has 7 nitrogen and oxygen atoms in total. The number of halogens is 6. The molecule has 13 heteroatoms. The summed E-state index contributed by atoms with van der Waals surface area (Å²) in [6.45, 7) is 4.96. The lowest BCUT2D eigenvalue weighted by atomic mass is 9.69. The van der Waals surface area contributed by atoms with Crippen LogP contribution in [0.4, 0.5) is 26.3 Å². The average molecular weight is 865 g/mol. The van der Waals surface area contributed by atoms with Gasteiger partial charge in [0.05, 0.1) is 6.10 Å². The zero-order valence-electron chi connectivity index (χ0n) is 35.4. The van der Waals surface area contributed by atoms with Gasteiger partial charge in [-0.3, -0.25) is 9.59 Å². The minimum atomic E-state index is -1.41. The van der Waals surface area contributed by atoms with E-state index in [1.807, 2.05) is 0 Å². The fraction of sp³-hybridized carbons (Fsp3) is 0.646. The molecule has 4 aliphatic carbocycles. The highest BCUT2D eigenvalue weighted by molar-refractivity contribution is 5.86. The summed E-state index contributed by atoms with van der Waals surface area (Å²) in [6, 6.07) is 4.56. The zero-order chi connectivity index (χ0) is 44.1. The number of esters is 3. The van der Waals surface area contributed by atoms with Crippen LogP contribution in [-0.4, -0.2) is 48.4 Å². The van der Waals surface area contributed by atoms with E-state index in [1.54, 1.807) is 0 Å². The molecule has 338 valence electrons. The van der Waals surface area contributed by atoms with Crippen molar-refractivity contribution < 1.29 is 60.0 Å². The Balaban J connectivity index is 0.000000269. The van der Waals surface area contributed by atoms with Crippen LogP contribution < -0.4 is 0 Å². The van der Waals surface area contributed by atoms with Crippen LogP contribution in [-0.2, 0) is 28.6 Å². The van der Waals surface area contributed by atoms with Gasteiger partial charge in [-0.15, -0.1) is 0 Å². The number of hydrogen-bond acceptors (Lipinski definition) is 7. The third kappa shape index (κ3) is 14.6. The van der Waals surface area contributed by atoms with E-state index >= 15 is 0 Å². The maximum absolute atomic E-state index is 13.6. The molecule has 0 aliphatic heterocycles. The van der Waals surface area contributed by atoms with Crippen LogP contribution >= 0.6 is 0 Å². The molecule has 0 aromatic heterocycles. The van der Waals surface area contributed by atoms with E-state index in [0.29, 0.717) is 47.6 Å². The van der Waals surface area contributed by atoms with Gasteiger partial charge in [-0.2, -0.15) is 0 Å². The Labute approximate surface area is 356 Å². The molecule has 2 aromatic rings. The summed E-state index contributed by atoms with van der Waals surface area (Å²) >= 11 is 0. The molecular weight excluding hydrogens is 803 g/mol. The molecule has 0 atom stereocenters. The Bertz CT molecular complexity index is 1730. The van der Waals surface area contributed by atoms with E-state index in [-0.39, 0.29) is 61.6 Å². The molecule has 0 spiro atoms. The Morgan fingerprint density at radius 3 is 1.33 bits per heavy atom. The highest BCUT2D eigenvalue weighted by atomic mass is 19.2. The molecule has 0 saturated heterocycles. The molecule has 61 heavy (non-hydrogen) atoms. The lowest BCUT2D eigenvalue weighted by molar-refractivity contribution is -0.152. The van der Waals surface area contributed by atoms with Gasteiger partial charge in [-0.05, 0) is 193 Å². The molecule has 4 fully saturated rings. The lowest BCUT2D eigenvalue weighted by Crippen LogP contribution is -2.29. The van der Waals surface area contributed by atoms with Crippen molar-refractivity contribution in [3.63, 3.8) is 0 Å². The first kappa shape index (κ1) is 48.2. The van der Waals surface area contributed by atoms with Gasteiger partial charge in [0.15, 0.2) is 34.9 Å². The molecule has 0 amide bonds. The van der Waals surface area contributed by atoms with Crippen molar-refractivity contribution in [2.45, 2.75) is 159 Å². The number of hydrogen-bond donors (Lipinski definition) is 1. The first-order valence-corrected chi connectivity index (χ1v) is 22.3. The number of ether oxygens (including phenoxy) is 3. The van der Waals surface area contributed by atoms with Gasteiger partial charge in [0.1, 0.15) is 19.3 Å². The van der Waals surface area contributed by atoms with E-state index in [0.717, 1.165) is 127 Å². The number of carbonyl (C=O) groups excluding carboxylic acids is 3. The molecule has 0 unspecified atom stereocenters. The van der Waals surface area contributed by atoms with Gasteiger partial charge in [0, 0.05) is 18.4 Å². The summed E-state index contributed by atoms with van der Waals surface area (Å²) in [6.07, 6.45) is 16.4. The van der Waals surface area contributed by atoms with Crippen LogP contribution in [0.5, 0.6) is 0 Å². The quantitative estimate of drug-likeness (QED) is 0.0504. The van der Waals surface area contributed by atoms with E-state index < -0.39 is 46.8 Å². The molecule has 0 radical (unpaired) electrons. The van der Waals surface area contributed by atoms with Gasteiger partial charge in [-0.25, -0.2) is 31.1 Å². The van der Waals surface area contributed by atoms with E-state index in [9.17, 15) is 45.8 Å². The number of aliphatic hydroxyl groups excluding tert-OH is 1. The van der Waals surface area contributed by atoms with Gasteiger partial charge in [0.2, 0.25) is 0 Å². The van der Waals surface area contributed by atoms with Gasteiger partial charge in [-0.1, -0.05) is 6.58 Å². The Hall–Kier alpha value is -3.87. The maximum atomic E-state index is 13.6. The first-order valence-electron chi connectivity index (χ1n) is 22.3. The number of carbonyl (C=O) groups is 3. The van der Waals surface area contributed by atoms with Crippen molar-refractivity contribution in [3.8, 4) is 0 Å². The topological polar surface area (TPSA) is 99.1 Å². The molecule has 4 aliphatic rings. The lowest BCUT2D eigenvalue weighted by Gasteiger charge is -2.37. The van der Waals surface area contributed by atoms with Crippen LogP contribution in [0.25, 0.3) is 0 Å². The molecule has 6 rings (SSSR count). The zero-order valence-corrected chi connectivity index (χ0v) is 35.4. The monoisotopic (exact) mass is 864 g/mol. The summed E-state index contributed by atoms with van der Waals surface area (Å²) in [5, 5.41) is 9.59. The Morgan fingerprint density at radius 2 is 0.918 bits per heavy atom. The number of rotatable bonds is 14. The largest absolute Gasteiger partial charge is 0.462 e. The third-order valence-electron chi connectivity index (χ3n) is 13.5. The normalized spacial score (nSPS) is 26.6. The predicted octanol–water partition coefficient (Wildman–Crippen LogP) is 11.6. The van der Waals surface area contributed by atoms with Crippen LogP contribution in [0.3, 0.4) is 0 Å². The average Bonchev–Trinajstić information content (AvgIpc) is 3.25. The second kappa shape index (κ2) is 23.5. The Kier molecular flexibility index (Phi) is 18.6. The summed E-state index contributed by atoms with van der Waals surface area (Å²) in [5.74, 6) is -5.76. The van der Waals surface area contributed by atoms with Crippen molar-refractivity contribution in [3.05, 3.63) is 82.4 Å². The van der Waals surface area contributed by atoms with Crippen LogP contribution in [0, 0.1) is 58.6 Å². The number of benzene rings is 2.